The number of amides is 1. The monoisotopic (exact) mass is 248 g/mol. The third-order valence-corrected chi connectivity index (χ3v) is 3.30. The van der Waals surface area contributed by atoms with Crippen molar-refractivity contribution in [3.63, 3.8) is 0 Å². The summed E-state index contributed by atoms with van der Waals surface area (Å²) in [5.74, 6) is 0.911. The first kappa shape index (κ1) is 15.7. The number of nitrogens with one attached hydrogen (secondary N) is 2. The van der Waals surface area contributed by atoms with Crippen LogP contribution < -0.4 is 10.6 Å². The van der Waals surface area contributed by atoms with Gasteiger partial charge in [-0.2, -0.15) is 0 Å². The Bertz CT molecular complexity index is 213. The molecule has 1 saturated heterocycles. The van der Waals surface area contributed by atoms with E-state index in [9.17, 15) is 4.79 Å². The van der Waals surface area contributed by atoms with Crippen molar-refractivity contribution < 1.29 is 4.79 Å². The maximum absolute atomic E-state index is 11.6. The van der Waals surface area contributed by atoms with Crippen LogP contribution in [-0.4, -0.2) is 24.5 Å². The molecule has 0 radical (unpaired) electrons. The van der Waals surface area contributed by atoms with Gasteiger partial charge in [-0.3, -0.25) is 4.79 Å². The quantitative estimate of drug-likeness (QED) is 0.783. The molecule has 1 atom stereocenters. The first-order chi connectivity index (χ1) is 7.03. The van der Waals surface area contributed by atoms with E-state index >= 15 is 0 Å². The van der Waals surface area contributed by atoms with E-state index in [1.165, 1.54) is 6.42 Å². The Morgan fingerprint density at radius 3 is 2.69 bits per heavy atom. The SMILES string of the molecule is CCC(C)(C)NC(=O)CCC1CCNC1.Cl. The van der Waals surface area contributed by atoms with Crippen LogP contribution in [0.2, 0.25) is 0 Å². The van der Waals surface area contributed by atoms with Crippen LogP contribution in [0.3, 0.4) is 0 Å². The fraction of sp³-hybridized carbons (Fsp3) is 0.917. The maximum Gasteiger partial charge on any atom is 0.220 e. The predicted molar refractivity (Wildman–Crippen MR) is 70.0 cm³/mol. The lowest BCUT2D eigenvalue weighted by molar-refractivity contribution is -0.123. The fourth-order valence-corrected chi connectivity index (χ4v) is 1.82. The molecule has 1 unspecified atom stereocenters. The predicted octanol–water partition coefficient (Wildman–Crippen LogP) is 2.10. The van der Waals surface area contributed by atoms with Crippen molar-refractivity contribution in [2.24, 2.45) is 5.92 Å². The minimum Gasteiger partial charge on any atom is -0.351 e. The number of carbonyl (C=O) groups excluding carboxylic acids is 1. The Morgan fingerprint density at radius 1 is 1.50 bits per heavy atom. The lowest BCUT2D eigenvalue weighted by Gasteiger charge is -2.24. The molecule has 0 saturated carbocycles. The minimum absolute atomic E-state index is 0. The number of halogens is 1. The summed E-state index contributed by atoms with van der Waals surface area (Å²) in [7, 11) is 0. The van der Waals surface area contributed by atoms with Crippen LogP contribution in [-0.2, 0) is 4.79 Å². The summed E-state index contributed by atoms with van der Waals surface area (Å²) in [6, 6.07) is 0. The third kappa shape index (κ3) is 5.71. The molecule has 0 bridgehead atoms. The lowest BCUT2D eigenvalue weighted by Crippen LogP contribution is -2.42. The van der Waals surface area contributed by atoms with Crippen molar-refractivity contribution in [2.75, 3.05) is 13.1 Å². The van der Waals surface area contributed by atoms with Crippen molar-refractivity contribution in [1.29, 1.82) is 0 Å². The van der Waals surface area contributed by atoms with E-state index in [1.807, 2.05) is 0 Å². The second-order valence-corrected chi connectivity index (χ2v) is 5.18. The van der Waals surface area contributed by atoms with Crippen molar-refractivity contribution in [2.45, 2.75) is 52.0 Å². The van der Waals surface area contributed by atoms with Gasteiger partial charge in [0.2, 0.25) is 5.91 Å². The highest BCUT2D eigenvalue weighted by Crippen LogP contribution is 2.15. The topological polar surface area (TPSA) is 41.1 Å². The Hall–Kier alpha value is -0.280. The van der Waals surface area contributed by atoms with Crippen LogP contribution in [0.15, 0.2) is 0 Å². The molecule has 1 amide bonds. The Labute approximate surface area is 105 Å². The molecule has 1 aliphatic heterocycles. The molecule has 0 spiro atoms. The summed E-state index contributed by atoms with van der Waals surface area (Å²) in [4.78, 5) is 11.6. The summed E-state index contributed by atoms with van der Waals surface area (Å²) in [6.45, 7) is 8.45. The number of hydrogen-bond acceptors (Lipinski definition) is 2. The second-order valence-electron chi connectivity index (χ2n) is 5.18. The van der Waals surface area contributed by atoms with E-state index in [2.05, 4.69) is 31.4 Å². The molecule has 2 N–H and O–H groups in total. The first-order valence-electron chi connectivity index (χ1n) is 6.05. The summed E-state index contributed by atoms with van der Waals surface area (Å²) in [5, 5.41) is 6.39. The van der Waals surface area contributed by atoms with E-state index in [1.54, 1.807) is 0 Å². The van der Waals surface area contributed by atoms with Crippen molar-refractivity contribution in [3.8, 4) is 0 Å². The summed E-state index contributed by atoms with van der Waals surface area (Å²) < 4.78 is 0. The summed E-state index contributed by atoms with van der Waals surface area (Å²) >= 11 is 0. The van der Waals surface area contributed by atoms with E-state index in [0.29, 0.717) is 12.3 Å². The highest BCUT2D eigenvalue weighted by molar-refractivity contribution is 5.85. The van der Waals surface area contributed by atoms with E-state index in [0.717, 1.165) is 25.9 Å². The first-order valence-corrected chi connectivity index (χ1v) is 6.05. The third-order valence-electron chi connectivity index (χ3n) is 3.30. The smallest absolute Gasteiger partial charge is 0.220 e. The number of carbonyl (C=O) groups is 1. The van der Waals surface area contributed by atoms with Crippen LogP contribution in [0, 0.1) is 5.92 Å². The van der Waals surface area contributed by atoms with Gasteiger partial charge in [0.15, 0.2) is 0 Å². The molecule has 3 nitrogen and oxygen atoms in total. The van der Waals surface area contributed by atoms with Crippen molar-refractivity contribution >= 4 is 18.3 Å². The van der Waals surface area contributed by atoms with Gasteiger partial charge in [-0.05, 0) is 52.1 Å². The second kappa shape index (κ2) is 7.13. The molecule has 0 aliphatic carbocycles. The Kier molecular flexibility index (Phi) is 7.00. The molecule has 1 fully saturated rings. The average Bonchev–Trinajstić information content (AvgIpc) is 2.66. The normalized spacial score (nSPS) is 20.3. The minimum atomic E-state index is -0.0506. The summed E-state index contributed by atoms with van der Waals surface area (Å²) in [6.07, 6.45) is 3.91. The van der Waals surface area contributed by atoms with Crippen LogP contribution >= 0.6 is 12.4 Å². The van der Waals surface area contributed by atoms with Crippen LogP contribution in [0.4, 0.5) is 0 Å². The molecule has 16 heavy (non-hydrogen) atoms. The zero-order valence-corrected chi connectivity index (χ0v) is 11.5. The van der Waals surface area contributed by atoms with Gasteiger partial charge in [-0.1, -0.05) is 6.92 Å². The molecule has 1 rings (SSSR count). The highest BCUT2D eigenvalue weighted by Gasteiger charge is 2.19. The number of rotatable bonds is 5. The summed E-state index contributed by atoms with van der Waals surface area (Å²) in [5.41, 5.74) is -0.0506. The number of hydrogen-bond donors (Lipinski definition) is 2. The highest BCUT2D eigenvalue weighted by atomic mass is 35.5. The molecule has 0 aromatic heterocycles. The van der Waals surface area contributed by atoms with E-state index in [-0.39, 0.29) is 23.9 Å². The largest absolute Gasteiger partial charge is 0.351 e. The molecule has 4 heteroatoms. The van der Waals surface area contributed by atoms with Gasteiger partial charge in [0.05, 0.1) is 0 Å². The van der Waals surface area contributed by atoms with Gasteiger partial charge in [0, 0.05) is 12.0 Å². The van der Waals surface area contributed by atoms with Gasteiger partial charge in [-0.15, -0.1) is 12.4 Å². The average molecular weight is 249 g/mol. The van der Waals surface area contributed by atoms with Gasteiger partial charge in [-0.25, -0.2) is 0 Å². The molecular formula is C12H25ClN2O. The Morgan fingerprint density at radius 2 is 2.19 bits per heavy atom. The van der Waals surface area contributed by atoms with Crippen LogP contribution in [0.5, 0.6) is 0 Å². The maximum atomic E-state index is 11.6. The standard InChI is InChI=1S/C12H24N2O.ClH/c1-4-12(2,3)14-11(15)6-5-10-7-8-13-9-10;/h10,13H,4-9H2,1-3H3,(H,14,15);1H. The van der Waals surface area contributed by atoms with Crippen LogP contribution in [0.1, 0.15) is 46.5 Å². The van der Waals surface area contributed by atoms with Crippen molar-refractivity contribution in [3.05, 3.63) is 0 Å². The lowest BCUT2D eigenvalue weighted by atomic mass is 9.99. The molecule has 0 aromatic carbocycles. The van der Waals surface area contributed by atoms with E-state index in [4.69, 9.17) is 0 Å². The van der Waals surface area contributed by atoms with Crippen molar-refractivity contribution in [1.82, 2.24) is 10.6 Å². The van der Waals surface area contributed by atoms with Gasteiger partial charge >= 0.3 is 0 Å². The molecule has 96 valence electrons. The van der Waals surface area contributed by atoms with Crippen LogP contribution in [0.25, 0.3) is 0 Å². The molecular weight excluding hydrogens is 224 g/mol. The molecule has 0 aromatic rings. The van der Waals surface area contributed by atoms with Gasteiger partial charge in [0.25, 0.3) is 0 Å². The fourth-order valence-electron chi connectivity index (χ4n) is 1.82. The van der Waals surface area contributed by atoms with Gasteiger partial charge < -0.3 is 10.6 Å². The Balaban J connectivity index is 0.00000225. The molecule has 1 heterocycles. The zero-order chi connectivity index (χ0) is 11.3. The van der Waals surface area contributed by atoms with E-state index < -0.39 is 0 Å². The zero-order valence-electron chi connectivity index (χ0n) is 10.6. The molecule has 1 aliphatic rings. The van der Waals surface area contributed by atoms with Gasteiger partial charge in [0.1, 0.15) is 0 Å².